The van der Waals surface area contributed by atoms with Crippen LogP contribution >= 0.6 is 11.6 Å². The first-order valence-electron chi connectivity index (χ1n) is 8.70. The van der Waals surface area contributed by atoms with E-state index in [-0.39, 0.29) is 11.6 Å². The maximum Gasteiger partial charge on any atom is 0.269 e. The number of rotatable bonds is 5. The number of benzene rings is 2. The molecule has 0 spiro atoms. The van der Waals surface area contributed by atoms with E-state index in [4.69, 9.17) is 11.6 Å². The van der Waals surface area contributed by atoms with Gasteiger partial charge in [0.2, 0.25) is 5.91 Å². The topological polar surface area (TPSA) is 78.7 Å². The van der Waals surface area contributed by atoms with Gasteiger partial charge in [-0.2, -0.15) is 0 Å². The summed E-state index contributed by atoms with van der Waals surface area (Å²) in [4.78, 5) is 26.8. The minimum Gasteiger partial charge on any atom is -0.369 e. The molecular weight excluding hydrogens is 368 g/mol. The third-order valence-corrected chi connectivity index (χ3v) is 4.85. The third kappa shape index (κ3) is 4.96. The Morgan fingerprint density at radius 2 is 1.81 bits per heavy atom. The van der Waals surface area contributed by atoms with E-state index in [0.29, 0.717) is 12.2 Å². The van der Waals surface area contributed by atoms with Crippen molar-refractivity contribution in [2.75, 3.05) is 42.9 Å². The molecule has 7 nitrogen and oxygen atoms in total. The summed E-state index contributed by atoms with van der Waals surface area (Å²) in [6, 6.07) is 11.7. The predicted molar refractivity (Wildman–Crippen MR) is 107 cm³/mol. The molecule has 1 N–H and O–H groups in total. The van der Waals surface area contributed by atoms with Crippen LogP contribution in [0.1, 0.15) is 5.56 Å². The summed E-state index contributed by atoms with van der Waals surface area (Å²) in [5.74, 6) is -0.128. The van der Waals surface area contributed by atoms with Gasteiger partial charge >= 0.3 is 0 Å². The summed E-state index contributed by atoms with van der Waals surface area (Å²) in [5.41, 5.74) is 2.88. The number of non-ortho nitro benzene ring substituents is 1. The van der Waals surface area contributed by atoms with E-state index < -0.39 is 4.92 Å². The number of carbonyl (C=O) groups excluding carboxylic acids is 1. The molecule has 3 rings (SSSR count). The molecule has 0 atom stereocenters. The van der Waals surface area contributed by atoms with Crippen molar-refractivity contribution in [3.63, 3.8) is 0 Å². The number of carbonyl (C=O) groups is 1. The number of hydrogen-bond donors (Lipinski definition) is 1. The molecule has 0 unspecified atom stereocenters. The Bertz CT molecular complexity index is 833. The first kappa shape index (κ1) is 19.1. The molecule has 2 aromatic rings. The van der Waals surface area contributed by atoms with Crippen LogP contribution in [0, 0.1) is 17.0 Å². The molecule has 0 aliphatic carbocycles. The van der Waals surface area contributed by atoms with Gasteiger partial charge in [-0.1, -0.05) is 17.7 Å². The Balaban J connectivity index is 1.50. The number of nitrogens with one attached hydrogen (secondary N) is 1. The van der Waals surface area contributed by atoms with Crippen molar-refractivity contribution in [3.05, 3.63) is 63.2 Å². The van der Waals surface area contributed by atoms with Crippen LogP contribution in [0.25, 0.3) is 0 Å². The maximum absolute atomic E-state index is 12.2. The standard InChI is InChI=1S/C19H21ClN4O3/c1-14-2-3-15(20)12-18(14)23-10-8-22(9-11-23)13-19(25)21-16-4-6-17(7-5-16)24(26)27/h2-7,12H,8-11,13H2,1H3,(H,21,25). The zero-order valence-electron chi connectivity index (χ0n) is 15.0. The molecule has 1 aliphatic rings. The monoisotopic (exact) mass is 388 g/mol. The molecule has 2 aromatic carbocycles. The van der Waals surface area contributed by atoms with E-state index in [1.165, 1.54) is 29.8 Å². The van der Waals surface area contributed by atoms with Crippen molar-refractivity contribution >= 4 is 34.6 Å². The minimum absolute atomic E-state index is 0.000398. The molecule has 0 aromatic heterocycles. The highest BCUT2D eigenvalue weighted by molar-refractivity contribution is 6.30. The molecule has 0 saturated carbocycles. The Hall–Kier alpha value is -2.64. The van der Waals surface area contributed by atoms with Crippen molar-refractivity contribution in [1.29, 1.82) is 0 Å². The zero-order chi connectivity index (χ0) is 19.4. The Kier molecular flexibility index (Phi) is 5.93. The first-order valence-corrected chi connectivity index (χ1v) is 9.08. The first-order chi connectivity index (χ1) is 12.9. The van der Waals surface area contributed by atoms with E-state index in [0.717, 1.165) is 36.9 Å². The highest BCUT2D eigenvalue weighted by Gasteiger charge is 2.20. The van der Waals surface area contributed by atoms with Gasteiger partial charge in [0.1, 0.15) is 0 Å². The molecule has 1 fully saturated rings. The van der Waals surface area contributed by atoms with Crippen LogP contribution in [-0.4, -0.2) is 48.5 Å². The van der Waals surface area contributed by atoms with Crippen LogP contribution in [-0.2, 0) is 4.79 Å². The van der Waals surface area contributed by atoms with E-state index in [1.54, 1.807) is 0 Å². The second-order valence-corrected chi connectivity index (χ2v) is 6.98. The maximum atomic E-state index is 12.2. The number of nitro groups is 1. The second kappa shape index (κ2) is 8.37. The van der Waals surface area contributed by atoms with E-state index in [1.807, 2.05) is 18.2 Å². The van der Waals surface area contributed by atoms with Gasteiger partial charge in [-0.25, -0.2) is 0 Å². The summed E-state index contributed by atoms with van der Waals surface area (Å²) in [6.07, 6.45) is 0. The van der Waals surface area contributed by atoms with Gasteiger partial charge in [0, 0.05) is 54.7 Å². The highest BCUT2D eigenvalue weighted by Crippen LogP contribution is 2.25. The fourth-order valence-electron chi connectivity index (χ4n) is 3.14. The van der Waals surface area contributed by atoms with Crippen LogP contribution in [0.15, 0.2) is 42.5 Å². The van der Waals surface area contributed by atoms with Crippen LogP contribution < -0.4 is 10.2 Å². The van der Waals surface area contributed by atoms with Crippen molar-refractivity contribution in [1.82, 2.24) is 4.90 Å². The summed E-state index contributed by atoms with van der Waals surface area (Å²) in [6.45, 7) is 5.56. The molecule has 0 bridgehead atoms. The third-order valence-electron chi connectivity index (χ3n) is 4.61. The smallest absolute Gasteiger partial charge is 0.269 e. The van der Waals surface area contributed by atoms with Crippen LogP contribution in [0.4, 0.5) is 17.1 Å². The SMILES string of the molecule is Cc1ccc(Cl)cc1N1CCN(CC(=O)Nc2ccc([N+](=O)[O-])cc2)CC1. The predicted octanol–water partition coefficient (Wildman–Crippen LogP) is 3.32. The van der Waals surface area contributed by atoms with Gasteiger partial charge in [-0.05, 0) is 36.8 Å². The minimum atomic E-state index is -0.466. The van der Waals surface area contributed by atoms with E-state index in [2.05, 4.69) is 22.0 Å². The molecule has 27 heavy (non-hydrogen) atoms. The van der Waals surface area contributed by atoms with Gasteiger partial charge < -0.3 is 10.2 Å². The molecule has 142 valence electrons. The van der Waals surface area contributed by atoms with Crippen molar-refractivity contribution in [2.45, 2.75) is 6.92 Å². The average Bonchev–Trinajstić information content (AvgIpc) is 2.65. The van der Waals surface area contributed by atoms with Gasteiger partial charge in [-0.15, -0.1) is 0 Å². The largest absolute Gasteiger partial charge is 0.369 e. The van der Waals surface area contributed by atoms with Crippen molar-refractivity contribution in [2.24, 2.45) is 0 Å². The molecule has 1 aliphatic heterocycles. The lowest BCUT2D eigenvalue weighted by molar-refractivity contribution is -0.384. The van der Waals surface area contributed by atoms with E-state index in [9.17, 15) is 14.9 Å². The fourth-order valence-corrected chi connectivity index (χ4v) is 3.31. The molecule has 8 heteroatoms. The Morgan fingerprint density at radius 1 is 1.15 bits per heavy atom. The number of halogens is 1. The molecule has 1 amide bonds. The number of piperazine rings is 1. The van der Waals surface area contributed by atoms with Crippen LogP contribution in [0.5, 0.6) is 0 Å². The Morgan fingerprint density at radius 3 is 2.44 bits per heavy atom. The number of amides is 1. The van der Waals surface area contributed by atoms with Crippen LogP contribution in [0.3, 0.4) is 0 Å². The lowest BCUT2D eigenvalue weighted by atomic mass is 10.1. The summed E-state index contributed by atoms with van der Waals surface area (Å²) < 4.78 is 0. The van der Waals surface area contributed by atoms with E-state index >= 15 is 0 Å². The number of anilines is 2. The van der Waals surface area contributed by atoms with Crippen molar-refractivity contribution in [3.8, 4) is 0 Å². The highest BCUT2D eigenvalue weighted by atomic mass is 35.5. The van der Waals surface area contributed by atoms with Gasteiger partial charge in [0.15, 0.2) is 0 Å². The lowest BCUT2D eigenvalue weighted by Crippen LogP contribution is -2.48. The number of aryl methyl sites for hydroxylation is 1. The lowest BCUT2D eigenvalue weighted by Gasteiger charge is -2.36. The van der Waals surface area contributed by atoms with Gasteiger partial charge in [-0.3, -0.25) is 19.8 Å². The number of nitro benzene ring substituents is 1. The zero-order valence-corrected chi connectivity index (χ0v) is 15.8. The molecular formula is C19H21ClN4O3. The summed E-state index contributed by atoms with van der Waals surface area (Å²) in [5, 5.41) is 14.2. The normalized spacial score (nSPS) is 14.8. The molecule has 0 radical (unpaired) electrons. The Labute approximate surface area is 162 Å². The number of nitrogens with zero attached hydrogens (tertiary/aromatic N) is 3. The van der Waals surface area contributed by atoms with Crippen molar-refractivity contribution < 1.29 is 9.72 Å². The quantitative estimate of drug-likeness (QED) is 0.628. The van der Waals surface area contributed by atoms with Gasteiger partial charge in [0.25, 0.3) is 5.69 Å². The summed E-state index contributed by atoms with van der Waals surface area (Å²) in [7, 11) is 0. The molecule has 1 heterocycles. The van der Waals surface area contributed by atoms with Crippen LogP contribution in [0.2, 0.25) is 5.02 Å². The fraction of sp³-hybridized carbons (Fsp3) is 0.316. The average molecular weight is 389 g/mol. The second-order valence-electron chi connectivity index (χ2n) is 6.55. The summed E-state index contributed by atoms with van der Waals surface area (Å²) >= 11 is 6.11. The van der Waals surface area contributed by atoms with Gasteiger partial charge in [0.05, 0.1) is 11.5 Å². The molecule has 1 saturated heterocycles. The number of hydrogen-bond acceptors (Lipinski definition) is 5.